The molecule has 0 saturated carbocycles. The zero-order valence-electron chi connectivity index (χ0n) is 29.6. The quantitative estimate of drug-likeness (QED) is 0.0764. The van der Waals surface area contributed by atoms with Crippen LogP contribution < -0.4 is 33.9 Å². The number of carbonyl (C=O) groups excluding carboxylic acids is 3. The van der Waals surface area contributed by atoms with Crippen molar-refractivity contribution in [1.82, 2.24) is 10.2 Å². The van der Waals surface area contributed by atoms with Crippen molar-refractivity contribution in [2.45, 2.75) is 144 Å². The SMILES string of the molecule is CCCCCCCCCCCCCCCCCNC(=O)OCCSCCOC(=O)N(Cc1cccc[n+]1CC)C(=O)C(C)(C)C.[I-]. The molecule has 3 amide bonds. The smallest absolute Gasteiger partial charge is 0.417 e. The van der Waals surface area contributed by atoms with E-state index in [-0.39, 0.29) is 49.1 Å². The highest BCUT2D eigenvalue weighted by molar-refractivity contribution is 7.99. The van der Waals surface area contributed by atoms with Crippen molar-refractivity contribution in [1.29, 1.82) is 0 Å². The van der Waals surface area contributed by atoms with E-state index in [0.717, 1.165) is 25.1 Å². The molecule has 1 aromatic rings. The average molecular weight is 778 g/mol. The van der Waals surface area contributed by atoms with E-state index in [0.29, 0.717) is 24.7 Å². The van der Waals surface area contributed by atoms with Crippen LogP contribution in [0.2, 0.25) is 0 Å². The number of aryl methyl sites for hydroxylation is 1. The molecule has 10 heteroatoms. The first kappa shape index (κ1) is 44.4. The zero-order chi connectivity index (χ0) is 33.2. The second-order valence-electron chi connectivity index (χ2n) is 12.9. The summed E-state index contributed by atoms with van der Waals surface area (Å²) >= 11 is 1.53. The van der Waals surface area contributed by atoms with Crippen LogP contribution in [0.3, 0.4) is 0 Å². The van der Waals surface area contributed by atoms with Gasteiger partial charge in [0.1, 0.15) is 26.3 Å². The van der Waals surface area contributed by atoms with E-state index in [4.69, 9.17) is 9.47 Å². The van der Waals surface area contributed by atoms with Crippen LogP contribution in [0, 0.1) is 5.41 Å². The van der Waals surface area contributed by atoms with Gasteiger partial charge in [-0.2, -0.15) is 11.8 Å². The van der Waals surface area contributed by atoms with E-state index in [2.05, 4.69) is 12.2 Å². The molecule has 8 nitrogen and oxygen atoms in total. The summed E-state index contributed by atoms with van der Waals surface area (Å²) in [6.07, 6.45) is 20.7. The number of nitrogens with zero attached hydrogens (tertiary/aromatic N) is 2. The van der Waals surface area contributed by atoms with E-state index in [1.54, 1.807) is 20.8 Å². The van der Waals surface area contributed by atoms with Crippen LogP contribution in [0.4, 0.5) is 9.59 Å². The van der Waals surface area contributed by atoms with Gasteiger partial charge in [0, 0.05) is 35.6 Å². The van der Waals surface area contributed by atoms with E-state index in [9.17, 15) is 14.4 Å². The molecule has 0 aliphatic rings. The number of thioether (sulfide) groups is 1. The molecule has 1 N–H and O–H groups in total. The second-order valence-corrected chi connectivity index (χ2v) is 14.1. The number of pyridine rings is 1. The Labute approximate surface area is 301 Å². The predicted molar refractivity (Wildman–Crippen MR) is 185 cm³/mol. The summed E-state index contributed by atoms with van der Waals surface area (Å²) in [5, 5.41) is 2.83. The monoisotopic (exact) mass is 777 g/mol. The number of alkyl carbamates (subject to hydrolysis) is 1. The molecule has 1 aromatic heterocycles. The highest BCUT2D eigenvalue weighted by Crippen LogP contribution is 2.20. The first-order valence-corrected chi connectivity index (χ1v) is 18.8. The lowest BCUT2D eigenvalue weighted by atomic mass is 9.95. The number of hydrogen-bond acceptors (Lipinski definition) is 6. The number of ether oxygens (including phenoxy) is 2. The number of hydrogen-bond donors (Lipinski definition) is 1. The maximum atomic E-state index is 13.0. The Morgan fingerprint density at radius 3 is 1.83 bits per heavy atom. The number of nitrogens with one attached hydrogen (secondary N) is 1. The molecular weight excluding hydrogens is 713 g/mol. The largest absolute Gasteiger partial charge is 1.00 e. The molecule has 0 spiro atoms. The minimum atomic E-state index is -0.719. The number of amides is 3. The summed E-state index contributed by atoms with van der Waals surface area (Å²) in [5.74, 6) is 0.874. The number of unbranched alkanes of at least 4 members (excludes halogenated alkanes) is 14. The second kappa shape index (κ2) is 28.5. The first-order chi connectivity index (χ1) is 21.7. The summed E-state index contributed by atoms with van der Waals surface area (Å²) in [5.41, 5.74) is 0.142. The normalized spacial score (nSPS) is 11.1. The van der Waals surface area contributed by atoms with Gasteiger partial charge in [0.25, 0.3) is 0 Å². The minimum absolute atomic E-state index is 0. The Kier molecular flexibility index (Phi) is 27.5. The maximum absolute atomic E-state index is 13.0. The Morgan fingerprint density at radius 2 is 1.30 bits per heavy atom. The lowest BCUT2D eigenvalue weighted by molar-refractivity contribution is -0.701. The molecule has 46 heavy (non-hydrogen) atoms. The van der Waals surface area contributed by atoms with Crippen LogP contribution in [-0.4, -0.2) is 54.3 Å². The van der Waals surface area contributed by atoms with Crippen molar-refractivity contribution < 1.29 is 52.4 Å². The zero-order valence-corrected chi connectivity index (χ0v) is 32.6. The number of carbonyl (C=O) groups is 3. The summed E-state index contributed by atoms with van der Waals surface area (Å²) in [7, 11) is 0. The van der Waals surface area contributed by atoms with Gasteiger partial charge in [-0.05, 0) is 13.3 Å². The molecule has 266 valence electrons. The summed E-state index contributed by atoms with van der Waals surface area (Å²) in [6.45, 7) is 11.7. The van der Waals surface area contributed by atoms with Gasteiger partial charge in [-0.25, -0.2) is 19.1 Å². The van der Waals surface area contributed by atoms with E-state index in [1.807, 2.05) is 35.9 Å². The molecule has 0 atom stereocenters. The van der Waals surface area contributed by atoms with E-state index < -0.39 is 11.5 Å². The summed E-state index contributed by atoms with van der Waals surface area (Å²) in [4.78, 5) is 39.0. The van der Waals surface area contributed by atoms with Crippen molar-refractivity contribution in [3.8, 4) is 0 Å². The minimum Gasteiger partial charge on any atom is -1.00 e. The van der Waals surface area contributed by atoms with Gasteiger partial charge in [-0.3, -0.25) is 4.79 Å². The highest BCUT2D eigenvalue weighted by Gasteiger charge is 2.34. The Hall–Kier alpha value is -1.56. The van der Waals surface area contributed by atoms with Gasteiger partial charge in [0.05, 0.1) is 0 Å². The lowest BCUT2D eigenvalue weighted by Gasteiger charge is -2.26. The van der Waals surface area contributed by atoms with Crippen LogP contribution in [-0.2, 0) is 27.4 Å². The number of rotatable bonds is 25. The number of imide groups is 1. The fourth-order valence-corrected chi connectivity index (χ4v) is 5.66. The lowest BCUT2D eigenvalue weighted by Crippen LogP contribution is -3.00. The summed E-state index contributed by atoms with van der Waals surface area (Å²) in [6, 6.07) is 5.73. The number of aromatic nitrogens is 1. The van der Waals surface area contributed by atoms with Crippen LogP contribution >= 0.6 is 11.8 Å². The molecule has 0 aliphatic carbocycles. The molecule has 0 unspecified atom stereocenters. The van der Waals surface area contributed by atoms with Gasteiger partial charge >= 0.3 is 12.2 Å². The maximum Gasteiger partial charge on any atom is 0.417 e. The Bertz CT molecular complexity index is 944. The van der Waals surface area contributed by atoms with Crippen molar-refractivity contribution in [3.63, 3.8) is 0 Å². The van der Waals surface area contributed by atoms with E-state index >= 15 is 0 Å². The Morgan fingerprint density at radius 1 is 0.783 bits per heavy atom. The van der Waals surface area contributed by atoms with Gasteiger partial charge < -0.3 is 38.8 Å². The highest BCUT2D eigenvalue weighted by atomic mass is 127. The summed E-state index contributed by atoms with van der Waals surface area (Å²) < 4.78 is 12.7. The topological polar surface area (TPSA) is 88.8 Å². The molecule has 0 aromatic carbocycles. The first-order valence-electron chi connectivity index (χ1n) is 17.6. The van der Waals surface area contributed by atoms with E-state index in [1.165, 1.54) is 100 Å². The Balaban J connectivity index is 0.0000202. The van der Waals surface area contributed by atoms with Crippen molar-refractivity contribution in [3.05, 3.63) is 30.1 Å². The molecule has 0 aliphatic heterocycles. The molecule has 0 radical (unpaired) electrons. The van der Waals surface area contributed by atoms with Crippen molar-refractivity contribution in [2.24, 2.45) is 5.41 Å². The van der Waals surface area contributed by atoms with Gasteiger partial charge in [0.2, 0.25) is 11.6 Å². The van der Waals surface area contributed by atoms with Crippen molar-refractivity contribution >= 4 is 29.9 Å². The third-order valence-corrected chi connectivity index (χ3v) is 8.68. The van der Waals surface area contributed by atoms with Crippen molar-refractivity contribution in [2.75, 3.05) is 31.3 Å². The average Bonchev–Trinajstić information content (AvgIpc) is 3.02. The standard InChI is InChI=1S/C36H63N3O5S.HI/c1-6-8-9-10-11-12-13-14-15-16-17-18-19-20-22-25-37-34(41)43-27-29-45-30-28-44-35(42)39(33(40)36(3,4)5)31-32-24-21-23-26-38(32)7-2;/h21,23-24,26H,6-20,22,25,27-31H2,1-5H3;1H. The molecule has 0 saturated heterocycles. The fourth-order valence-electron chi connectivity index (χ4n) is 5.05. The molecule has 0 bridgehead atoms. The molecule has 1 rings (SSSR count). The van der Waals surface area contributed by atoms with Crippen LogP contribution in [0.5, 0.6) is 0 Å². The van der Waals surface area contributed by atoms with Gasteiger partial charge in [0.15, 0.2) is 6.20 Å². The van der Waals surface area contributed by atoms with Gasteiger partial charge in [-0.1, -0.05) is 124 Å². The molecule has 0 fully saturated rings. The van der Waals surface area contributed by atoms with Crippen LogP contribution in [0.15, 0.2) is 24.4 Å². The predicted octanol–water partition coefficient (Wildman–Crippen LogP) is 5.84. The van der Waals surface area contributed by atoms with Crippen LogP contribution in [0.25, 0.3) is 0 Å². The molecule has 1 heterocycles. The van der Waals surface area contributed by atoms with Gasteiger partial charge in [-0.15, -0.1) is 0 Å². The third kappa shape index (κ3) is 22.1. The third-order valence-electron chi connectivity index (χ3n) is 7.77. The van der Waals surface area contributed by atoms with Crippen LogP contribution in [0.1, 0.15) is 137 Å². The fraction of sp³-hybridized carbons (Fsp3) is 0.778. The molecular formula is C36H64IN3O5S. The number of halogens is 1.